The molecule has 0 saturated carbocycles. The van der Waals surface area contributed by atoms with E-state index in [1.165, 1.54) is 0 Å². The fourth-order valence-electron chi connectivity index (χ4n) is 2.34. The van der Waals surface area contributed by atoms with Crippen LogP contribution in [-0.2, 0) is 0 Å². The maximum Gasteiger partial charge on any atom is 0.400 e. The molecule has 0 aromatic rings. The van der Waals surface area contributed by atoms with Crippen molar-refractivity contribution >= 4 is 5.84 Å². The molecular weight excluding hydrogens is 247 g/mol. The van der Waals surface area contributed by atoms with E-state index in [1.54, 1.807) is 4.90 Å². The van der Waals surface area contributed by atoms with Crippen molar-refractivity contribution < 1.29 is 18.4 Å². The highest BCUT2D eigenvalue weighted by Gasteiger charge is 2.44. The first kappa shape index (κ1) is 15.1. The van der Waals surface area contributed by atoms with Gasteiger partial charge >= 0.3 is 6.18 Å². The Morgan fingerprint density at radius 3 is 2.72 bits per heavy atom. The number of rotatable bonds is 4. The van der Waals surface area contributed by atoms with Crippen LogP contribution in [0.25, 0.3) is 0 Å². The third-order valence-electron chi connectivity index (χ3n) is 3.49. The second kappa shape index (κ2) is 6.26. The van der Waals surface area contributed by atoms with Crippen LogP contribution in [0.15, 0.2) is 5.16 Å². The van der Waals surface area contributed by atoms with Crippen LogP contribution in [0, 0.1) is 11.8 Å². The van der Waals surface area contributed by atoms with Crippen molar-refractivity contribution in [1.29, 1.82) is 0 Å². The third-order valence-corrected chi connectivity index (χ3v) is 3.49. The van der Waals surface area contributed by atoms with Crippen LogP contribution in [0.1, 0.15) is 26.2 Å². The summed E-state index contributed by atoms with van der Waals surface area (Å²) in [4.78, 5) is 1.76. The molecule has 4 nitrogen and oxygen atoms in total. The molecule has 106 valence electrons. The summed E-state index contributed by atoms with van der Waals surface area (Å²) >= 11 is 0. The van der Waals surface area contributed by atoms with Crippen molar-refractivity contribution in [3.05, 3.63) is 0 Å². The van der Waals surface area contributed by atoms with Gasteiger partial charge in [-0.2, -0.15) is 13.2 Å². The van der Waals surface area contributed by atoms with Crippen molar-refractivity contribution in [3.63, 3.8) is 0 Å². The number of alkyl halides is 3. The number of piperidine rings is 1. The predicted octanol–water partition coefficient (Wildman–Crippen LogP) is 2.03. The van der Waals surface area contributed by atoms with E-state index < -0.39 is 17.9 Å². The van der Waals surface area contributed by atoms with Crippen LogP contribution in [0.3, 0.4) is 0 Å². The number of likely N-dealkylation sites (tertiary alicyclic amines) is 1. The third kappa shape index (κ3) is 4.04. The van der Waals surface area contributed by atoms with Crippen LogP contribution in [0.5, 0.6) is 0 Å². The largest absolute Gasteiger partial charge is 0.409 e. The van der Waals surface area contributed by atoms with Crippen LogP contribution < -0.4 is 5.73 Å². The minimum atomic E-state index is -4.48. The lowest BCUT2D eigenvalue weighted by Gasteiger charge is -2.34. The lowest BCUT2D eigenvalue weighted by Crippen LogP contribution is -2.47. The van der Waals surface area contributed by atoms with Gasteiger partial charge in [0.15, 0.2) is 5.84 Å². The molecule has 0 aliphatic carbocycles. The molecular formula is C11H20F3N3O. The minimum absolute atomic E-state index is 0.226. The molecule has 1 rings (SSSR count). The Morgan fingerprint density at radius 2 is 2.22 bits per heavy atom. The molecule has 2 atom stereocenters. The van der Waals surface area contributed by atoms with E-state index in [9.17, 15) is 13.2 Å². The molecule has 1 saturated heterocycles. The van der Waals surface area contributed by atoms with E-state index in [0.29, 0.717) is 19.0 Å². The zero-order valence-corrected chi connectivity index (χ0v) is 10.5. The topological polar surface area (TPSA) is 61.8 Å². The molecule has 2 unspecified atom stereocenters. The van der Waals surface area contributed by atoms with Crippen molar-refractivity contribution in [2.24, 2.45) is 22.7 Å². The molecule has 1 aliphatic rings. The monoisotopic (exact) mass is 267 g/mol. The van der Waals surface area contributed by atoms with Crippen molar-refractivity contribution in [1.82, 2.24) is 4.90 Å². The summed E-state index contributed by atoms with van der Waals surface area (Å²) in [7, 11) is 0. The molecule has 0 radical (unpaired) electrons. The molecule has 0 aromatic heterocycles. The maximum atomic E-state index is 12.8. The predicted molar refractivity (Wildman–Crippen MR) is 62.4 cm³/mol. The van der Waals surface area contributed by atoms with E-state index in [2.05, 4.69) is 5.16 Å². The van der Waals surface area contributed by atoms with Gasteiger partial charge in [0, 0.05) is 13.1 Å². The second-order valence-electron chi connectivity index (χ2n) is 4.80. The first-order valence-electron chi connectivity index (χ1n) is 6.15. The summed E-state index contributed by atoms with van der Waals surface area (Å²) in [5.41, 5.74) is 5.14. The zero-order chi connectivity index (χ0) is 13.8. The fraction of sp³-hybridized carbons (Fsp3) is 0.909. The van der Waals surface area contributed by atoms with E-state index in [4.69, 9.17) is 10.9 Å². The summed E-state index contributed by atoms with van der Waals surface area (Å²) in [6.07, 6.45) is -1.54. The van der Waals surface area contributed by atoms with E-state index in [0.717, 1.165) is 19.3 Å². The summed E-state index contributed by atoms with van der Waals surface area (Å²) in [6, 6.07) is 0. The Balaban J connectivity index is 2.66. The fourth-order valence-corrected chi connectivity index (χ4v) is 2.34. The van der Waals surface area contributed by atoms with Gasteiger partial charge in [0.1, 0.15) is 5.92 Å². The minimum Gasteiger partial charge on any atom is -0.409 e. The smallest absolute Gasteiger partial charge is 0.400 e. The van der Waals surface area contributed by atoms with Gasteiger partial charge in [-0.3, -0.25) is 0 Å². The highest BCUT2D eigenvalue weighted by molar-refractivity contribution is 5.83. The summed E-state index contributed by atoms with van der Waals surface area (Å²) in [6.45, 7) is 3.11. The molecule has 7 heteroatoms. The Bertz CT molecular complexity index is 294. The average molecular weight is 267 g/mol. The number of nitrogens with two attached hydrogens (primary N) is 1. The van der Waals surface area contributed by atoms with E-state index in [1.807, 2.05) is 6.92 Å². The molecule has 0 aromatic carbocycles. The molecule has 0 bridgehead atoms. The van der Waals surface area contributed by atoms with Crippen molar-refractivity contribution in [2.75, 3.05) is 19.6 Å². The maximum absolute atomic E-state index is 12.8. The Labute approximate surface area is 105 Å². The Morgan fingerprint density at radius 1 is 1.56 bits per heavy atom. The molecule has 0 amide bonds. The van der Waals surface area contributed by atoms with Crippen molar-refractivity contribution in [3.8, 4) is 0 Å². The van der Waals surface area contributed by atoms with Crippen LogP contribution >= 0.6 is 0 Å². The van der Waals surface area contributed by atoms with Gasteiger partial charge < -0.3 is 15.8 Å². The van der Waals surface area contributed by atoms with E-state index >= 15 is 0 Å². The number of hydrogen-bond acceptors (Lipinski definition) is 3. The van der Waals surface area contributed by atoms with Crippen molar-refractivity contribution in [2.45, 2.75) is 32.4 Å². The van der Waals surface area contributed by atoms with Gasteiger partial charge in [-0.25, -0.2) is 0 Å². The first-order chi connectivity index (χ1) is 8.38. The Kier molecular flexibility index (Phi) is 5.25. The summed E-state index contributed by atoms with van der Waals surface area (Å²) < 4.78 is 38.4. The first-order valence-corrected chi connectivity index (χ1v) is 6.15. The molecule has 3 N–H and O–H groups in total. The molecule has 18 heavy (non-hydrogen) atoms. The van der Waals surface area contributed by atoms with Gasteiger partial charge in [-0.05, 0) is 25.3 Å². The average Bonchev–Trinajstić information content (AvgIpc) is 2.34. The number of hydrogen-bond donors (Lipinski definition) is 2. The van der Waals surface area contributed by atoms with Gasteiger partial charge in [-0.1, -0.05) is 18.5 Å². The van der Waals surface area contributed by atoms with E-state index in [-0.39, 0.29) is 6.54 Å². The van der Waals surface area contributed by atoms with Gasteiger partial charge in [0.25, 0.3) is 0 Å². The summed E-state index contributed by atoms with van der Waals surface area (Å²) in [5.74, 6) is -2.21. The number of amidine groups is 1. The molecule has 1 fully saturated rings. The Hall–Kier alpha value is -0.980. The SMILES string of the molecule is CCC1CCCN(CC(C(N)=NO)C(F)(F)F)C1. The van der Waals surface area contributed by atoms with Crippen LogP contribution in [0.4, 0.5) is 13.2 Å². The number of nitrogens with zero attached hydrogens (tertiary/aromatic N) is 2. The highest BCUT2D eigenvalue weighted by Crippen LogP contribution is 2.29. The second-order valence-corrected chi connectivity index (χ2v) is 4.80. The zero-order valence-electron chi connectivity index (χ0n) is 10.5. The van der Waals surface area contributed by atoms with Crippen LogP contribution in [0.2, 0.25) is 0 Å². The van der Waals surface area contributed by atoms with Gasteiger partial charge in [0.05, 0.1) is 0 Å². The molecule has 1 aliphatic heterocycles. The summed E-state index contributed by atoms with van der Waals surface area (Å²) in [5, 5.41) is 10.9. The number of oxime groups is 1. The molecule has 0 spiro atoms. The van der Waals surface area contributed by atoms with Gasteiger partial charge in [-0.15, -0.1) is 0 Å². The number of halogens is 3. The quantitative estimate of drug-likeness (QED) is 0.354. The van der Waals surface area contributed by atoms with Gasteiger partial charge in [0.2, 0.25) is 0 Å². The standard InChI is InChI=1S/C11H20F3N3O/c1-2-8-4-3-5-17(6-8)7-9(10(15)16-18)11(12,13)14/h8-9,18H,2-7H2,1H3,(H2,15,16). The lowest BCUT2D eigenvalue weighted by atomic mass is 9.94. The normalized spacial score (nSPS) is 25.1. The van der Waals surface area contributed by atoms with Crippen LogP contribution in [-0.4, -0.2) is 41.8 Å². The lowest BCUT2D eigenvalue weighted by molar-refractivity contribution is -0.161. The highest BCUT2D eigenvalue weighted by atomic mass is 19.4. The molecule has 1 heterocycles.